The fourth-order valence-corrected chi connectivity index (χ4v) is 1.81. The molecule has 0 N–H and O–H groups in total. The van der Waals surface area contributed by atoms with E-state index in [1.54, 1.807) is 6.07 Å². The molecule has 0 bridgehead atoms. The van der Waals surface area contributed by atoms with Gasteiger partial charge in [0.15, 0.2) is 0 Å². The normalized spacial score (nSPS) is 10.6. The topological polar surface area (TPSA) is 0 Å². The molecule has 0 aliphatic heterocycles. The van der Waals surface area contributed by atoms with Gasteiger partial charge in [-0.3, -0.25) is 0 Å². The molecule has 0 aromatic heterocycles. The molecule has 0 saturated heterocycles. The van der Waals surface area contributed by atoms with Crippen LogP contribution in [0.1, 0.15) is 5.56 Å². The van der Waals surface area contributed by atoms with Crippen LogP contribution in [0.5, 0.6) is 0 Å². The largest absolute Gasteiger partial charge is 0.129 e. The van der Waals surface area contributed by atoms with E-state index in [1.807, 2.05) is 12.1 Å². The summed E-state index contributed by atoms with van der Waals surface area (Å²) in [4.78, 5) is 0. The summed E-state index contributed by atoms with van der Waals surface area (Å²) in [6.45, 7) is 6.59. The zero-order chi connectivity index (χ0) is 10.8. The second-order valence-electron chi connectivity index (χ2n) is 4.12. The Balaban J connectivity index is 3.02. The van der Waals surface area contributed by atoms with Crippen molar-refractivity contribution >= 4 is 31.3 Å². The molecule has 3 heteroatoms. The summed E-state index contributed by atoms with van der Waals surface area (Å²) in [7, 11) is -1.33. The molecule has 0 aliphatic carbocycles. The van der Waals surface area contributed by atoms with Gasteiger partial charge in [0.1, 0.15) is 8.07 Å². The van der Waals surface area contributed by atoms with Crippen LogP contribution in [-0.2, 0) is 0 Å². The van der Waals surface area contributed by atoms with Crippen molar-refractivity contribution in [1.29, 1.82) is 0 Å². The van der Waals surface area contributed by atoms with Gasteiger partial charge < -0.3 is 0 Å². The average molecular weight is 243 g/mol. The van der Waals surface area contributed by atoms with E-state index in [4.69, 9.17) is 23.2 Å². The maximum Gasteiger partial charge on any atom is 0.129 e. The first kappa shape index (κ1) is 11.7. The van der Waals surface area contributed by atoms with Crippen molar-refractivity contribution in [3.05, 3.63) is 33.8 Å². The molecule has 0 unspecified atom stereocenters. The molecule has 0 atom stereocenters. The highest BCUT2D eigenvalue weighted by molar-refractivity contribution is 6.83. The maximum atomic E-state index is 5.99. The summed E-state index contributed by atoms with van der Waals surface area (Å²) in [5.74, 6) is 3.10. The number of benzene rings is 1. The van der Waals surface area contributed by atoms with Crippen molar-refractivity contribution in [1.82, 2.24) is 0 Å². The van der Waals surface area contributed by atoms with Gasteiger partial charge in [-0.25, -0.2) is 0 Å². The molecule has 0 heterocycles. The van der Waals surface area contributed by atoms with Crippen LogP contribution in [0.4, 0.5) is 0 Å². The van der Waals surface area contributed by atoms with Crippen molar-refractivity contribution in [2.24, 2.45) is 0 Å². The average Bonchev–Trinajstić information content (AvgIpc) is 2.00. The zero-order valence-electron chi connectivity index (χ0n) is 8.49. The van der Waals surface area contributed by atoms with E-state index in [-0.39, 0.29) is 0 Å². The third-order valence-corrected chi connectivity index (χ3v) is 2.93. The first-order valence-electron chi connectivity index (χ1n) is 4.37. The van der Waals surface area contributed by atoms with Crippen molar-refractivity contribution < 1.29 is 0 Å². The van der Waals surface area contributed by atoms with Crippen LogP contribution < -0.4 is 0 Å². The maximum absolute atomic E-state index is 5.99. The lowest BCUT2D eigenvalue weighted by Crippen LogP contribution is -2.16. The van der Waals surface area contributed by atoms with Crippen molar-refractivity contribution in [2.75, 3.05) is 0 Å². The Morgan fingerprint density at radius 1 is 1.14 bits per heavy atom. The minimum Gasteiger partial charge on any atom is -0.127 e. The van der Waals surface area contributed by atoms with Gasteiger partial charge in [-0.1, -0.05) is 48.8 Å². The van der Waals surface area contributed by atoms with E-state index in [0.717, 1.165) is 5.56 Å². The van der Waals surface area contributed by atoms with Gasteiger partial charge in [0.25, 0.3) is 0 Å². The predicted octanol–water partition coefficient (Wildman–Crippen LogP) is 4.22. The third-order valence-electron chi connectivity index (χ3n) is 1.50. The summed E-state index contributed by atoms with van der Waals surface area (Å²) < 4.78 is 0. The molecular weight excluding hydrogens is 231 g/mol. The van der Waals surface area contributed by atoms with Gasteiger partial charge in [-0.15, -0.1) is 5.54 Å². The predicted molar refractivity (Wildman–Crippen MR) is 66.7 cm³/mol. The second kappa shape index (κ2) is 4.40. The molecule has 0 nitrogen and oxygen atoms in total. The lowest BCUT2D eigenvalue weighted by atomic mass is 10.2. The van der Waals surface area contributed by atoms with Crippen LogP contribution in [0.2, 0.25) is 29.7 Å². The minimum absolute atomic E-state index is 0.628. The highest BCUT2D eigenvalue weighted by Gasteiger charge is 2.07. The molecule has 0 saturated carbocycles. The van der Waals surface area contributed by atoms with E-state index in [2.05, 4.69) is 31.1 Å². The van der Waals surface area contributed by atoms with E-state index in [1.165, 1.54) is 0 Å². The fraction of sp³-hybridized carbons (Fsp3) is 0.273. The lowest BCUT2D eigenvalue weighted by Gasteiger charge is -2.03. The molecule has 0 spiro atoms. The highest BCUT2D eigenvalue weighted by atomic mass is 35.5. The van der Waals surface area contributed by atoms with Gasteiger partial charge in [0, 0.05) is 10.6 Å². The van der Waals surface area contributed by atoms with Gasteiger partial charge >= 0.3 is 0 Å². The number of halogens is 2. The van der Waals surface area contributed by atoms with Crippen LogP contribution >= 0.6 is 23.2 Å². The fourth-order valence-electron chi connectivity index (χ4n) is 0.846. The Morgan fingerprint density at radius 3 is 2.29 bits per heavy atom. The Hall–Kier alpha value is -0.423. The van der Waals surface area contributed by atoms with Crippen molar-refractivity contribution in [2.45, 2.75) is 19.6 Å². The lowest BCUT2D eigenvalue weighted by molar-refractivity contribution is 1.64. The number of hydrogen-bond acceptors (Lipinski definition) is 0. The van der Waals surface area contributed by atoms with Crippen LogP contribution in [0.15, 0.2) is 18.2 Å². The van der Waals surface area contributed by atoms with E-state index in [9.17, 15) is 0 Å². The highest BCUT2D eigenvalue weighted by Crippen LogP contribution is 2.20. The smallest absolute Gasteiger partial charge is 0.127 e. The van der Waals surface area contributed by atoms with Crippen molar-refractivity contribution in [3.8, 4) is 11.5 Å². The molecular formula is C11H12Cl2Si. The zero-order valence-corrected chi connectivity index (χ0v) is 11.0. The quantitative estimate of drug-likeness (QED) is 0.472. The molecule has 1 rings (SSSR count). The molecule has 14 heavy (non-hydrogen) atoms. The summed E-state index contributed by atoms with van der Waals surface area (Å²) in [5, 5.41) is 1.27. The molecule has 0 fully saturated rings. The summed E-state index contributed by atoms with van der Waals surface area (Å²) >= 11 is 11.8. The first-order chi connectivity index (χ1) is 6.38. The van der Waals surface area contributed by atoms with Gasteiger partial charge in [-0.05, 0) is 18.2 Å². The van der Waals surface area contributed by atoms with Crippen LogP contribution in [0.3, 0.4) is 0 Å². The number of rotatable bonds is 0. The summed E-state index contributed by atoms with van der Waals surface area (Å²) in [6, 6.07) is 5.39. The van der Waals surface area contributed by atoms with Gasteiger partial charge in [-0.2, -0.15) is 0 Å². The van der Waals surface area contributed by atoms with Crippen LogP contribution in [-0.4, -0.2) is 8.07 Å². The third kappa shape index (κ3) is 3.75. The van der Waals surface area contributed by atoms with Gasteiger partial charge in [0.2, 0.25) is 0 Å². The van der Waals surface area contributed by atoms with Gasteiger partial charge in [0.05, 0.1) is 5.02 Å². The monoisotopic (exact) mass is 242 g/mol. The Labute approximate surface area is 96.2 Å². The molecule has 0 aliphatic rings. The Kier molecular flexibility index (Phi) is 3.66. The van der Waals surface area contributed by atoms with E-state index >= 15 is 0 Å². The van der Waals surface area contributed by atoms with E-state index in [0.29, 0.717) is 10.0 Å². The van der Waals surface area contributed by atoms with Crippen molar-refractivity contribution in [3.63, 3.8) is 0 Å². The Bertz CT molecular complexity index is 394. The molecule has 1 aromatic rings. The first-order valence-corrected chi connectivity index (χ1v) is 8.62. The second-order valence-corrected chi connectivity index (χ2v) is 9.72. The minimum atomic E-state index is -1.33. The van der Waals surface area contributed by atoms with Crippen LogP contribution in [0.25, 0.3) is 0 Å². The SMILES string of the molecule is C[Si](C)(C)C#Cc1ccc(Cl)cc1Cl. The van der Waals surface area contributed by atoms with Crippen LogP contribution in [0, 0.1) is 11.5 Å². The number of hydrogen-bond donors (Lipinski definition) is 0. The van der Waals surface area contributed by atoms with E-state index < -0.39 is 8.07 Å². The molecule has 74 valence electrons. The standard InChI is InChI=1S/C11H12Cl2Si/c1-14(2,3)7-6-9-4-5-10(12)8-11(9)13/h4-5,8H,1-3H3. The summed E-state index contributed by atoms with van der Waals surface area (Å²) in [6.07, 6.45) is 0. The molecule has 0 radical (unpaired) electrons. The summed E-state index contributed by atoms with van der Waals surface area (Å²) in [5.41, 5.74) is 4.12. The molecule has 1 aromatic carbocycles. The Morgan fingerprint density at radius 2 is 1.79 bits per heavy atom. The molecule has 0 amide bonds.